The Bertz CT molecular complexity index is 492. The average Bonchev–Trinajstić information content (AvgIpc) is 2.93. The first-order chi connectivity index (χ1) is 9.72. The molecule has 1 saturated heterocycles. The summed E-state index contributed by atoms with van der Waals surface area (Å²) in [4.78, 5) is 15.7. The SMILES string of the molecule is CC(=O)N1CCN(CCc2ccc3c(c2)CCN3)CC1. The molecule has 0 unspecified atom stereocenters. The fourth-order valence-corrected chi connectivity index (χ4v) is 3.09. The lowest BCUT2D eigenvalue weighted by Gasteiger charge is -2.34. The number of benzene rings is 1. The number of piperazine rings is 1. The number of amides is 1. The molecule has 0 spiro atoms. The normalized spacial score (nSPS) is 18.8. The van der Waals surface area contributed by atoms with E-state index in [1.54, 1.807) is 6.92 Å². The summed E-state index contributed by atoms with van der Waals surface area (Å²) in [5.41, 5.74) is 4.20. The number of carbonyl (C=O) groups is 1. The predicted octanol–water partition coefficient (Wildman–Crippen LogP) is 1.36. The Labute approximate surface area is 120 Å². The van der Waals surface area contributed by atoms with E-state index in [0.717, 1.165) is 52.1 Å². The highest BCUT2D eigenvalue weighted by atomic mass is 16.2. The van der Waals surface area contributed by atoms with Crippen LogP contribution in [0.4, 0.5) is 5.69 Å². The van der Waals surface area contributed by atoms with Gasteiger partial charge in [0.05, 0.1) is 0 Å². The van der Waals surface area contributed by atoms with Crippen LogP contribution in [0.15, 0.2) is 18.2 Å². The van der Waals surface area contributed by atoms with E-state index < -0.39 is 0 Å². The van der Waals surface area contributed by atoms with Gasteiger partial charge in [-0.15, -0.1) is 0 Å². The minimum atomic E-state index is 0.204. The molecule has 4 nitrogen and oxygen atoms in total. The van der Waals surface area contributed by atoms with Crippen LogP contribution in [-0.2, 0) is 17.6 Å². The lowest BCUT2D eigenvalue weighted by Crippen LogP contribution is -2.48. The monoisotopic (exact) mass is 273 g/mol. The minimum absolute atomic E-state index is 0.204. The van der Waals surface area contributed by atoms with Crippen molar-refractivity contribution in [3.8, 4) is 0 Å². The van der Waals surface area contributed by atoms with Crippen LogP contribution >= 0.6 is 0 Å². The van der Waals surface area contributed by atoms with Crippen LogP contribution < -0.4 is 5.32 Å². The first-order valence-electron chi connectivity index (χ1n) is 7.56. The number of nitrogens with zero attached hydrogens (tertiary/aromatic N) is 2. The number of carbonyl (C=O) groups excluding carboxylic acids is 1. The Morgan fingerprint density at radius 2 is 2.05 bits per heavy atom. The van der Waals surface area contributed by atoms with E-state index in [2.05, 4.69) is 28.4 Å². The molecule has 2 heterocycles. The zero-order chi connectivity index (χ0) is 13.9. The highest BCUT2D eigenvalue weighted by Crippen LogP contribution is 2.23. The molecule has 4 heteroatoms. The molecule has 1 aromatic carbocycles. The van der Waals surface area contributed by atoms with Crippen LogP contribution in [-0.4, -0.2) is 55.0 Å². The molecule has 0 radical (unpaired) electrons. The quantitative estimate of drug-likeness (QED) is 0.903. The van der Waals surface area contributed by atoms with Crippen molar-refractivity contribution >= 4 is 11.6 Å². The van der Waals surface area contributed by atoms with Crippen LogP contribution in [0.1, 0.15) is 18.1 Å². The summed E-state index contributed by atoms with van der Waals surface area (Å²) in [5, 5.41) is 3.40. The lowest BCUT2D eigenvalue weighted by atomic mass is 10.1. The van der Waals surface area contributed by atoms with Gasteiger partial charge in [-0.3, -0.25) is 9.69 Å². The maximum atomic E-state index is 11.3. The number of hydrogen-bond acceptors (Lipinski definition) is 3. The van der Waals surface area contributed by atoms with Gasteiger partial charge in [0.2, 0.25) is 5.91 Å². The first kappa shape index (κ1) is 13.4. The van der Waals surface area contributed by atoms with Gasteiger partial charge in [-0.1, -0.05) is 12.1 Å². The van der Waals surface area contributed by atoms with Gasteiger partial charge in [-0.2, -0.15) is 0 Å². The lowest BCUT2D eigenvalue weighted by molar-refractivity contribution is -0.130. The van der Waals surface area contributed by atoms with Gasteiger partial charge >= 0.3 is 0 Å². The summed E-state index contributed by atoms with van der Waals surface area (Å²) in [6, 6.07) is 6.80. The highest BCUT2D eigenvalue weighted by Gasteiger charge is 2.18. The van der Waals surface area contributed by atoms with Crippen molar-refractivity contribution in [2.45, 2.75) is 19.8 Å². The third-order valence-corrected chi connectivity index (χ3v) is 4.41. The molecule has 2 aliphatic heterocycles. The zero-order valence-electron chi connectivity index (χ0n) is 12.2. The van der Waals surface area contributed by atoms with Crippen molar-refractivity contribution in [1.82, 2.24) is 9.80 Å². The zero-order valence-corrected chi connectivity index (χ0v) is 12.2. The van der Waals surface area contributed by atoms with Crippen LogP contribution in [0.25, 0.3) is 0 Å². The molecule has 1 aromatic rings. The Morgan fingerprint density at radius 3 is 2.80 bits per heavy atom. The molecule has 1 fully saturated rings. The molecule has 2 aliphatic rings. The Morgan fingerprint density at radius 1 is 1.25 bits per heavy atom. The van der Waals surface area contributed by atoms with Crippen molar-refractivity contribution in [2.75, 3.05) is 44.6 Å². The van der Waals surface area contributed by atoms with Gasteiger partial charge in [0.1, 0.15) is 0 Å². The summed E-state index contributed by atoms with van der Waals surface area (Å²) in [6.45, 7) is 7.60. The van der Waals surface area contributed by atoms with E-state index in [-0.39, 0.29) is 5.91 Å². The van der Waals surface area contributed by atoms with Gasteiger partial charge in [0.25, 0.3) is 0 Å². The number of hydrogen-bond donors (Lipinski definition) is 1. The predicted molar refractivity (Wildman–Crippen MR) is 81.0 cm³/mol. The standard InChI is InChI=1S/C16H23N3O/c1-13(20)19-10-8-18(9-11-19)7-5-14-2-3-16-15(12-14)4-6-17-16/h2-3,12,17H,4-11H2,1H3. The molecule has 0 aromatic heterocycles. The third-order valence-electron chi connectivity index (χ3n) is 4.41. The van der Waals surface area contributed by atoms with E-state index in [1.165, 1.54) is 16.8 Å². The van der Waals surface area contributed by atoms with Gasteiger partial charge < -0.3 is 10.2 Å². The summed E-state index contributed by atoms with van der Waals surface area (Å²) in [6.07, 6.45) is 2.26. The topological polar surface area (TPSA) is 35.6 Å². The summed E-state index contributed by atoms with van der Waals surface area (Å²) in [5.74, 6) is 0.204. The number of rotatable bonds is 3. The summed E-state index contributed by atoms with van der Waals surface area (Å²) < 4.78 is 0. The van der Waals surface area contributed by atoms with E-state index >= 15 is 0 Å². The second-order valence-electron chi connectivity index (χ2n) is 5.77. The van der Waals surface area contributed by atoms with Crippen LogP contribution in [0, 0.1) is 0 Å². The molecular weight excluding hydrogens is 250 g/mol. The molecule has 20 heavy (non-hydrogen) atoms. The molecule has 3 rings (SSSR count). The van der Waals surface area contributed by atoms with Crippen molar-refractivity contribution in [3.63, 3.8) is 0 Å². The molecular formula is C16H23N3O. The van der Waals surface area contributed by atoms with Crippen LogP contribution in [0.2, 0.25) is 0 Å². The molecule has 0 bridgehead atoms. The molecule has 0 aliphatic carbocycles. The van der Waals surface area contributed by atoms with E-state index in [1.807, 2.05) is 4.90 Å². The second-order valence-corrected chi connectivity index (χ2v) is 5.77. The third kappa shape index (κ3) is 2.96. The van der Waals surface area contributed by atoms with Gasteiger partial charge in [0, 0.05) is 51.9 Å². The van der Waals surface area contributed by atoms with Gasteiger partial charge in [-0.05, 0) is 30.0 Å². The second kappa shape index (κ2) is 5.83. The summed E-state index contributed by atoms with van der Waals surface area (Å²) >= 11 is 0. The average molecular weight is 273 g/mol. The maximum Gasteiger partial charge on any atom is 0.219 e. The number of nitrogens with one attached hydrogen (secondary N) is 1. The van der Waals surface area contributed by atoms with Crippen molar-refractivity contribution in [1.29, 1.82) is 0 Å². The largest absolute Gasteiger partial charge is 0.384 e. The van der Waals surface area contributed by atoms with E-state index in [4.69, 9.17) is 0 Å². The molecule has 1 N–H and O–H groups in total. The number of fused-ring (bicyclic) bond motifs is 1. The fourth-order valence-electron chi connectivity index (χ4n) is 3.09. The van der Waals surface area contributed by atoms with Gasteiger partial charge in [0.15, 0.2) is 0 Å². The van der Waals surface area contributed by atoms with Gasteiger partial charge in [-0.25, -0.2) is 0 Å². The van der Waals surface area contributed by atoms with E-state index in [0.29, 0.717) is 0 Å². The van der Waals surface area contributed by atoms with E-state index in [9.17, 15) is 4.79 Å². The van der Waals surface area contributed by atoms with Crippen molar-refractivity contribution < 1.29 is 4.79 Å². The van der Waals surface area contributed by atoms with Crippen molar-refractivity contribution in [3.05, 3.63) is 29.3 Å². The number of anilines is 1. The van der Waals surface area contributed by atoms with Crippen LogP contribution in [0.5, 0.6) is 0 Å². The Balaban J connectivity index is 1.49. The highest BCUT2D eigenvalue weighted by molar-refractivity contribution is 5.73. The molecule has 0 saturated carbocycles. The Kier molecular flexibility index (Phi) is 3.92. The molecule has 1 amide bonds. The Hall–Kier alpha value is -1.55. The first-order valence-corrected chi connectivity index (χ1v) is 7.56. The molecule has 0 atom stereocenters. The minimum Gasteiger partial charge on any atom is -0.384 e. The smallest absolute Gasteiger partial charge is 0.219 e. The summed E-state index contributed by atoms with van der Waals surface area (Å²) in [7, 11) is 0. The van der Waals surface area contributed by atoms with Crippen molar-refractivity contribution in [2.24, 2.45) is 0 Å². The molecule has 108 valence electrons. The van der Waals surface area contributed by atoms with Crippen LogP contribution in [0.3, 0.4) is 0 Å². The fraction of sp³-hybridized carbons (Fsp3) is 0.562. The maximum absolute atomic E-state index is 11.3.